The molecule has 0 saturated heterocycles. The zero-order valence-electron chi connectivity index (χ0n) is 9.31. The number of nitrogens with zero attached hydrogens (tertiary/aromatic N) is 3. The average molecular weight is 262 g/mol. The van der Waals surface area contributed by atoms with Crippen molar-refractivity contribution in [3.8, 4) is 0 Å². The molecule has 92 valence electrons. The van der Waals surface area contributed by atoms with Crippen molar-refractivity contribution in [2.45, 2.75) is 5.16 Å². The van der Waals surface area contributed by atoms with Gasteiger partial charge in [-0.05, 0) is 18.2 Å². The van der Waals surface area contributed by atoms with E-state index in [1.807, 2.05) is 0 Å². The highest BCUT2D eigenvalue weighted by Crippen LogP contribution is 2.09. The minimum atomic E-state index is -0.227. The van der Waals surface area contributed by atoms with Gasteiger partial charge in [0.05, 0.1) is 18.2 Å². The lowest BCUT2D eigenvalue weighted by atomic mass is 10.5. The summed E-state index contributed by atoms with van der Waals surface area (Å²) in [7, 11) is 0. The highest BCUT2D eigenvalue weighted by molar-refractivity contribution is 7.99. The van der Waals surface area contributed by atoms with Crippen LogP contribution in [0.1, 0.15) is 5.76 Å². The van der Waals surface area contributed by atoms with Crippen molar-refractivity contribution in [3.05, 3.63) is 42.6 Å². The molecule has 6 nitrogen and oxygen atoms in total. The first-order valence-corrected chi connectivity index (χ1v) is 6.08. The number of amides is 1. The summed E-state index contributed by atoms with van der Waals surface area (Å²) in [4.78, 5) is 19.4. The first kappa shape index (κ1) is 12.3. The number of aromatic nitrogens is 2. The van der Waals surface area contributed by atoms with Gasteiger partial charge in [-0.15, -0.1) is 0 Å². The van der Waals surface area contributed by atoms with Gasteiger partial charge in [-0.3, -0.25) is 4.79 Å². The molecular formula is C11H10N4O2S. The second-order valence-corrected chi connectivity index (χ2v) is 4.07. The largest absolute Gasteiger partial charge is 0.463 e. The van der Waals surface area contributed by atoms with E-state index in [0.717, 1.165) is 0 Å². The number of furan rings is 1. The van der Waals surface area contributed by atoms with Crippen LogP contribution < -0.4 is 5.43 Å². The van der Waals surface area contributed by atoms with E-state index >= 15 is 0 Å². The summed E-state index contributed by atoms with van der Waals surface area (Å²) >= 11 is 1.24. The highest BCUT2D eigenvalue weighted by Gasteiger charge is 2.02. The summed E-state index contributed by atoms with van der Waals surface area (Å²) in [6, 6.07) is 5.20. The predicted octanol–water partition coefficient (Wildman–Crippen LogP) is 1.31. The lowest BCUT2D eigenvalue weighted by Gasteiger charge is -1.98. The third kappa shape index (κ3) is 4.02. The van der Waals surface area contributed by atoms with Crippen molar-refractivity contribution in [3.63, 3.8) is 0 Å². The maximum absolute atomic E-state index is 11.4. The van der Waals surface area contributed by atoms with Crippen LogP contribution >= 0.6 is 11.8 Å². The van der Waals surface area contributed by atoms with Crippen LogP contribution in [0.25, 0.3) is 0 Å². The fourth-order valence-electron chi connectivity index (χ4n) is 1.05. The zero-order chi connectivity index (χ0) is 12.6. The molecule has 0 unspecified atom stereocenters. The Bertz CT molecular complexity index is 513. The van der Waals surface area contributed by atoms with Gasteiger partial charge >= 0.3 is 0 Å². The molecule has 18 heavy (non-hydrogen) atoms. The van der Waals surface area contributed by atoms with Crippen LogP contribution in [0.4, 0.5) is 0 Å². The number of hydrazone groups is 1. The van der Waals surface area contributed by atoms with Crippen molar-refractivity contribution in [1.29, 1.82) is 0 Å². The fourth-order valence-corrected chi connectivity index (χ4v) is 1.65. The molecule has 2 aromatic heterocycles. The summed E-state index contributed by atoms with van der Waals surface area (Å²) in [5.74, 6) is 0.559. The van der Waals surface area contributed by atoms with E-state index < -0.39 is 0 Å². The molecule has 0 bridgehead atoms. The van der Waals surface area contributed by atoms with Gasteiger partial charge in [0.15, 0.2) is 5.16 Å². The Morgan fingerprint density at radius 2 is 2.28 bits per heavy atom. The van der Waals surface area contributed by atoms with E-state index in [1.165, 1.54) is 24.2 Å². The summed E-state index contributed by atoms with van der Waals surface area (Å²) in [5, 5.41) is 4.31. The Hall–Kier alpha value is -2.15. The minimum absolute atomic E-state index is 0.208. The Labute approximate surface area is 108 Å². The monoisotopic (exact) mass is 262 g/mol. The van der Waals surface area contributed by atoms with E-state index in [0.29, 0.717) is 10.9 Å². The first-order valence-electron chi connectivity index (χ1n) is 5.10. The van der Waals surface area contributed by atoms with Crippen molar-refractivity contribution in [2.24, 2.45) is 5.10 Å². The van der Waals surface area contributed by atoms with Gasteiger partial charge in [0.2, 0.25) is 0 Å². The molecule has 0 aliphatic carbocycles. The summed E-state index contributed by atoms with van der Waals surface area (Å²) < 4.78 is 5.02. The second-order valence-electron chi connectivity index (χ2n) is 3.13. The van der Waals surface area contributed by atoms with Crippen LogP contribution in [0.5, 0.6) is 0 Å². The summed E-state index contributed by atoms with van der Waals surface area (Å²) in [6.07, 6.45) is 6.22. The lowest BCUT2D eigenvalue weighted by molar-refractivity contribution is -0.118. The van der Waals surface area contributed by atoms with Crippen LogP contribution in [-0.2, 0) is 4.79 Å². The van der Waals surface area contributed by atoms with Crippen LogP contribution in [0, 0.1) is 0 Å². The smallest absolute Gasteiger partial charge is 0.250 e. The van der Waals surface area contributed by atoms with E-state index in [4.69, 9.17) is 4.42 Å². The number of rotatable bonds is 5. The SMILES string of the molecule is O=C(CSc1ncccn1)N/N=C/c1ccco1. The molecule has 0 aliphatic rings. The molecule has 7 heteroatoms. The van der Waals surface area contributed by atoms with Gasteiger partial charge in [0, 0.05) is 12.4 Å². The van der Waals surface area contributed by atoms with E-state index in [-0.39, 0.29) is 11.7 Å². The number of thioether (sulfide) groups is 1. The molecule has 0 aromatic carbocycles. The van der Waals surface area contributed by atoms with E-state index in [2.05, 4.69) is 20.5 Å². The number of hydrogen-bond donors (Lipinski definition) is 1. The predicted molar refractivity (Wildman–Crippen MR) is 67.2 cm³/mol. The van der Waals surface area contributed by atoms with Crippen molar-refractivity contribution in [2.75, 3.05) is 5.75 Å². The Kier molecular flexibility index (Phi) is 4.48. The molecule has 0 radical (unpaired) electrons. The Morgan fingerprint density at radius 1 is 1.44 bits per heavy atom. The summed E-state index contributed by atoms with van der Waals surface area (Å²) in [5.41, 5.74) is 2.39. The molecule has 0 aliphatic heterocycles. The standard InChI is InChI=1S/C11H10N4O2S/c16-10(8-18-11-12-4-2-5-13-11)15-14-7-9-3-1-6-17-9/h1-7H,8H2,(H,15,16)/b14-7+. The van der Waals surface area contributed by atoms with Crippen molar-refractivity contribution >= 4 is 23.9 Å². The summed E-state index contributed by atoms with van der Waals surface area (Å²) in [6.45, 7) is 0. The number of carbonyl (C=O) groups excluding carboxylic acids is 1. The molecule has 2 aromatic rings. The maximum atomic E-state index is 11.4. The van der Waals surface area contributed by atoms with Crippen LogP contribution in [0.15, 0.2) is 51.5 Å². The maximum Gasteiger partial charge on any atom is 0.250 e. The van der Waals surface area contributed by atoms with E-state index in [1.54, 1.807) is 30.6 Å². The number of nitrogens with one attached hydrogen (secondary N) is 1. The van der Waals surface area contributed by atoms with Crippen LogP contribution in [0.3, 0.4) is 0 Å². The van der Waals surface area contributed by atoms with Gasteiger partial charge in [0.25, 0.3) is 5.91 Å². The molecule has 1 amide bonds. The van der Waals surface area contributed by atoms with Crippen LogP contribution in [0.2, 0.25) is 0 Å². The van der Waals surface area contributed by atoms with Gasteiger partial charge in [-0.1, -0.05) is 11.8 Å². The fraction of sp³-hybridized carbons (Fsp3) is 0.0909. The third-order valence-corrected chi connectivity index (χ3v) is 2.67. The number of hydrogen-bond acceptors (Lipinski definition) is 6. The highest BCUT2D eigenvalue weighted by atomic mass is 32.2. The molecular weight excluding hydrogens is 252 g/mol. The topological polar surface area (TPSA) is 80.4 Å². The van der Waals surface area contributed by atoms with Crippen molar-refractivity contribution in [1.82, 2.24) is 15.4 Å². The molecule has 0 atom stereocenters. The molecule has 0 saturated carbocycles. The number of carbonyl (C=O) groups is 1. The average Bonchev–Trinajstić information content (AvgIpc) is 2.91. The molecule has 0 spiro atoms. The first-order chi connectivity index (χ1) is 8.84. The lowest BCUT2D eigenvalue weighted by Crippen LogP contribution is -2.19. The molecule has 0 fully saturated rings. The third-order valence-electron chi connectivity index (χ3n) is 1.80. The van der Waals surface area contributed by atoms with Gasteiger partial charge in [-0.2, -0.15) is 5.10 Å². The van der Waals surface area contributed by atoms with Crippen molar-refractivity contribution < 1.29 is 9.21 Å². The quantitative estimate of drug-likeness (QED) is 0.380. The Morgan fingerprint density at radius 3 is 3.00 bits per heavy atom. The van der Waals surface area contributed by atoms with Gasteiger partial charge in [0.1, 0.15) is 5.76 Å². The minimum Gasteiger partial charge on any atom is -0.463 e. The zero-order valence-corrected chi connectivity index (χ0v) is 10.1. The van der Waals surface area contributed by atoms with Crippen LogP contribution in [-0.4, -0.2) is 27.8 Å². The molecule has 1 N–H and O–H groups in total. The van der Waals surface area contributed by atoms with E-state index in [9.17, 15) is 4.79 Å². The Balaban J connectivity index is 1.73. The molecule has 2 heterocycles. The molecule has 2 rings (SSSR count). The normalized spacial score (nSPS) is 10.7. The van der Waals surface area contributed by atoms with Gasteiger partial charge < -0.3 is 4.42 Å². The van der Waals surface area contributed by atoms with Gasteiger partial charge in [-0.25, -0.2) is 15.4 Å². The second kappa shape index (κ2) is 6.55.